The van der Waals surface area contributed by atoms with E-state index < -0.39 is 5.41 Å². The van der Waals surface area contributed by atoms with E-state index in [1.165, 1.54) is 0 Å². The first-order valence-electron chi connectivity index (χ1n) is 11.6. The fourth-order valence-corrected chi connectivity index (χ4v) is 5.40. The maximum Gasteiger partial charge on any atom is 0.195 e. The number of carbonyl (C=O) groups excluding carboxylic acids is 1. The number of ether oxygens (including phenoxy) is 1. The van der Waals surface area contributed by atoms with Crippen molar-refractivity contribution in [1.82, 2.24) is 9.88 Å². The Balaban J connectivity index is 1.63. The van der Waals surface area contributed by atoms with Crippen molar-refractivity contribution in [1.29, 1.82) is 5.26 Å². The molecule has 1 aliphatic heterocycles. The molecule has 33 heavy (non-hydrogen) atoms. The Morgan fingerprint density at radius 3 is 2.48 bits per heavy atom. The molecule has 170 valence electrons. The molecule has 6 heteroatoms. The topological polar surface area (TPSA) is 72.4 Å². The first-order chi connectivity index (χ1) is 15.8. The van der Waals surface area contributed by atoms with Crippen LogP contribution in [0.4, 0.5) is 5.69 Å². The number of rotatable bonds is 3. The molecule has 0 unspecified atom stereocenters. The van der Waals surface area contributed by atoms with Crippen molar-refractivity contribution in [3.05, 3.63) is 58.3 Å². The molecule has 1 aromatic heterocycles. The van der Waals surface area contributed by atoms with Crippen LogP contribution in [0.1, 0.15) is 60.4 Å². The lowest BCUT2D eigenvalue weighted by Gasteiger charge is -2.40. The van der Waals surface area contributed by atoms with Crippen LogP contribution in [0.5, 0.6) is 5.75 Å². The van der Waals surface area contributed by atoms with E-state index in [2.05, 4.69) is 54.6 Å². The molecule has 1 saturated heterocycles. The average Bonchev–Trinajstić information content (AvgIpc) is 3.22. The van der Waals surface area contributed by atoms with Crippen molar-refractivity contribution < 1.29 is 9.53 Å². The number of carbonyl (C=O) groups is 1. The third-order valence-corrected chi connectivity index (χ3v) is 7.40. The largest absolute Gasteiger partial charge is 0.495 e. The van der Waals surface area contributed by atoms with Gasteiger partial charge in [-0.25, -0.2) is 0 Å². The van der Waals surface area contributed by atoms with Crippen molar-refractivity contribution >= 4 is 22.4 Å². The highest BCUT2D eigenvalue weighted by atomic mass is 16.5. The molecule has 6 nitrogen and oxygen atoms in total. The molecule has 5 rings (SSSR count). The molecular formula is C27H30N4O2. The van der Waals surface area contributed by atoms with Gasteiger partial charge >= 0.3 is 0 Å². The number of benzene rings is 2. The molecule has 0 amide bonds. The van der Waals surface area contributed by atoms with E-state index in [0.29, 0.717) is 22.7 Å². The zero-order valence-corrected chi connectivity index (χ0v) is 20.0. The van der Waals surface area contributed by atoms with Gasteiger partial charge < -0.3 is 14.6 Å². The molecule has 2 heterocycles. The van der Waals surface area contributed by atoms with E-state index >= 15 is 0 Å². The summed E-state index contributed by atoms with van der Waals surface area (Å²) in [5.74, 6) is 0.746. The van der Waals surface area contributed by atoms with Crippen molar-refractivity contribution in [3.63, 3.8) is 0 Å². The zero-order chi connectivity index (χ0) is 23.5. The third-order valence-electron chi connectivity index (χ3n) is 7.40. The van der Waals surface area contributed by atoms with Gasteiger partial charge in [-0.1, -0.05) is 19.9 Å². The van der Waals surface area contributed by atoms with Crippen molar-refractivity contribution in [3.8, 4) is 11.8 Å². The standard InChI is InChI=1S/C27H30N4O2/c1-16(2)30-8-10-31(11-9-30)22-14-20-19(13-23(22)33-5)25(32)24-18-7-6-17(15-28)12-21(18)29-26(24)27(20,3)4/h6-7,12-14,16,29H,8-11H2,1-5H3. The summed E-state index contributed by atoms with van der Waals surface area (Å²) in [4.78, 5) is 22.1. The van der Waals surface area contributed by atoms with Gasteiger partial charge in [0, 0.05) is 59.8 Å². The number of hydrogen-bond acceptors (Lipinski definition) is 5. The number of ketones is 1. The molecule has 1 N–H and O–H groups in total. The summed E-state index contributed by atoms with van der Waals surface area (Å²) in [6.45, 7) is 12.7. The van der Waals surface area contributed by atoms with E-state index in [1.54, 1.807) is 13.2 Å². The van der Waals surface area contributed by atoms with Gasteiger partial charge in [-0.15, -0.1) is 0 Å². The van der Waals surface area contributed by atoms with Gasteiger partial charge in [0.25, 0.3) is 0 Å². The number of H-pyrrole nitrogens is 1. The monoisotopic (exact) mass is 442 g/mol. The predicted molar refractivity (Wildman–Crippen MR) is 130 cm³/mol. The molecule has 0 atom stereocenters. The molecule has 1 aliphatic carbocycles. The molecule has 2 aromatic carbocycles. The number of nitriles is 1. The number of anilines is 1. The Hall–Kier alpha value is -3.30. The van der Waals surface area contributed by atoms with E-state index in [4.69, 9.17) is 4.74 Å². The van der Waals surface area contributed by atoms with Gasteiger partial charge in [0.2, 0.25) is 0 Å². The number of methoxy groups -OCH3 is 1. The summed E-state index contributed by atoms with van der Waals surface area (Å²) in [5, 5.41) is 10.2. The molecule has 0 saturated carbocycles. The number of aromatic amines is 1. The van der Waals surface area contributed by atoms with Gasteiger partial charge in [0.1, 0.15) is 5.75 Å². The Morgan fingerprint density at radius 2 is 1.85 bits per heavy atom. The maximum absolute atomic E-state index is 13.7. The summed E-state index contributed by atoms with van der Waals surface area (Å²) in [7, 11) is 1.68. The average molecular weight is 443 g/mol. The second-order valence-corrected chi connectivity index (χ2v) is 9.89. The number of nitrogens with one attached hydrogen (secondary N) is 1. The highest BCUT2D eigenvalue weighted by molar-refractivity contribution is 6.20. The number of piperazine rings is 1. The number of hydrogen-bond donors (Lipinski definition) is 1. The van der Waals surface area contributed by atoms with Crippen molar-refractivity contribution in [2.75, 3.05) is 38.2 Å². The van der Waals surface area contributed by atoms with Crippen molar-refractivity contribution in [2.45, 2.75) is 39.2 Å². The van der Waals surface area contributed by atoms with Crippen LogP contribution in [0.2, 0.25) is 0 Å². The Labute approximate surface area is 194 Å². The second kappa shape index (κ2) is 7.64. The highest BCUT2D eigenvalue weighted by Gasteiger charge is 2.41. The lowest BCUT2D eigenvalue weighted by Crippen LogP contribution is -2.49. The van der Waals surface area contributed by atoms with E-state index in [-0.39, 0.29) is 5.78 Å². The first kappa shape index (κ1) is 21.5. The molecule has 1 fully saturated rings. The van der Waals surface area contributed by atoms with Crippen LogP contribution in [0.3, 0.4) is 0 Å². The lowest BCUT2D eigenvalue weighted by molar-refractivity contribution is 0.103. The van der Waals surface area contributed by atoms with Crippen LogP contribution >= 0.6 is 0 Å². The highest BCUT2D eigenvalue weighted by Crippen LogP contribution is 2.47. The van der Waals surface area contributed by atoms with Crippen LogP contribution in [0.25, 0.3) is 10.9 Å². The van der Waals surface area contributed by atoms with Gasteiger partial charge in [0.15, 0.2) is 5.78 Å². The molecule has 2 aliphatic rings. The molecule has 3 aromatic rings. The van der Waals surface area contributed by atoms with Gasteiger partial charge in [-0.3, -0.25) is 9.69 Å². The normalized spacial score (nSPS) is 17.7. The minimum atomic E-state index is -0.398. The van der Waals surface area contributed by atoms with Crippen LogP contribution in [-0.4, -0.2) is 55.0 Å². The van der Waals surface area contributed by atoms with Crippen LogP contribution < -0.4 is 9.64 Å². The van der Waals surface area contributed by atoms with Crippen LogP contribution in [-0.2, 0) is 5.41 Å². The van der Waals surface area contributed by atoms with Crippen molar-refractivity contribution in [2.24, 2.45) is 0 Å². The van der Waals surface area contributed by atoms with E-state index in [1.807, 2.05) is 18.2 Å². The SMILES string of the molecule is COc1cc2c(cc1N1CCN(C(C)C)CC1)C(C)(C)c1[nH]c3cc(C#N)ccc3c1C2=O. The number of aromatic nitrogens is 1. The lowest BCUT2D eigenvalue weighted by atomic mass is 9.71. The third kappa shape index (κ3) is 3.22. The van der Waals surface area contributed by atoms with Gasteiger partial charge in [-0.05, 0) is 43.7 Å². The zero-order valence-electron chi connectivity index (χ0n) is 20.0. The summed E-state index contributed by atoms with van der Waals surface area (Å²) in [6, 6.07) is 12.3. The number of fused-ring (bicyclic) bond motifs is 4. The predicted octanol–water partition coefficient (Wildman–Crippen LogP) is 4.45. The van der Waals surface area contributed by atoms with Crippen LogP contribution in [0, 0.1) is 11.3 Å². The summed E-state index contributed by atoms with van der Waals surface area (Å²) < 4.78 is 5.79. The number of nitrogens with zero attached hydrogens (tertiary/aromatic N) is 3. The quantitative estimate of drug-likeness (QED) is 0.649. The molecule has 0 bridgehead atoms. The van der Waals surface area contributed by atoms with Gasteiger partial charge in [0.05, 0.1) is 30.0 Å². The fourth-order valence-electron chi connectivity index (χ4n) is 5.40. The Bertz CT molecular complexity index is 1300. The van der Waals surface area contributed by atoms with E-state index in [9.17, 15) is 10.1 Å². The smallest absolute Gasteiger partial charge is 0.195 e. The molecular weight excluding hydrogens is 412 g/mol. The molecule has 0 spiro atoms. The van der Waals surface area contributed by atoms with Crippen LogP contribution in [0.15, 0.2) is 30.3 Å². The minimum Gasteiger partial charge on any atom is -0.495 e. The summed E-state index contributed by atoms with van der Waals surface area (Å²) >= 11 is 0. The molecule has 0 radical (unpaired) electrons. The summed E-state index contributed by atoms with van der Waals surface area (Å²) in [5.41, 5.74) is 5.36. The Morgan fingerprint density at radius 1 is 1.12 bits per heavy atom. The summed E-state index contributed by atoms with van der Waals surface area (Å²) in [6.07, 6.45) is 0. The van der Waals surface area contributed by atoms with E-state index in [0.717, 1.165) is 59.8 Å². The first-order valence-corrected chi connectivity index (χ1v) is 11.6. The maximum atomic E-state index is 13.7. The fraction of sp³-hybridized carbons (Fsp3) is 0.407. The minimum absolute atomic E-state index is 0.00441. The van der Waals surface area contributed by atoms with Gasteiger partial charge in [-0.2, -0.15) is 5.26 Å². The Kier molecular flexibility index (Phi) is 4.98. The second-order valence-electron chi connectivity index (χ2n) is 9.89.